The van der Waals surface area contributed by atoms with Crippen molar-refractivity contribution < 1.29 is 9.59 Å². The van der Waals surface area contributed by atoms with Gasteiger partial charge in [0.1, 0.15) is 6.04 Å². The first kappa shape index (κ1) is 23.7. The second-order valence-electron chi connectivity index (χ2n) is 9.03. The zero-order valence-corrected chi connectivity index (χ0v) is 19.3. The van der Waals surface area contributed by atoms with E-state index in [9.17, 15) is 9.59 Å². The van der Waals surface area contributed by atoms with E-state index in [0.717, 1.165) is 23.1 Å². The standard InChI is InChI=1S/C26H36N2O2/c1-7-21-12-14-22(15-13-21)16-17-24(29)28(18-23-11-9-8-10-19(23)2)20(3)25(30)27-26(4,5)6/h8-15,20H,7,16-18H2,1-6H3,(H,27,30). The van der Waals surface area contributed by atoms with Gasteiger partial charge in [-0.3, -0.25) is 9.59 Å². The van der Waals surface area contributed by atoms with Gasteiger partial charge in [-0.15, -0.1) is 0 Å². The molecule has 4 heteroatoms. The smallest absolute Gasteiger partial charge is 0.242 e. The summed E-state index contributed by atoms with van der Waals surface area (Å²) >= 11 is 0. The Bertz CT molecular complexity index is 850. The maximum atomic E-state index is 13.2. The summed E-state index contributed by atoms with van der Waals surface area (Å²) < 4.78 is 0. The minimum Gasteiger partial charge on any atom is -0.350 e. The van der Waals surface area contributed by atoms with E-state index >= 15 is 0 Å². The van der Waals surface area contributed by atoms with Crippen LogP contribution in [0, 0.1) is 6.92 Å². The Hall–Kier alpha value is -2.62. The molecule has 2 rings (SSSR count). The molecule has 0 aliphatic rings. The molecule has 0 spiro atoms. The van der Waals surface area contributed by atoms with Crippen LogP contribution < -0.4 is 5.32 Å². The monoisotopic (exact) mass is 408 g/mol. The van der Waals surface area contributed by atoms with E-state index in [0.29, 0.717) is 19.4 Å². The molecule has 0 aliphatic heterocycles. The molecule has 0 saturated heterocycles. The first-order valence-electron chi connectivity index (χ1n) is 10.8. The molecule has 0 saturated carbocycles. The Morgan fingerprint density at radius 2 is 1.60 bits per heavy atom. The van der Waals surface area contributed by atoms with Gasteiger partial charge < -0.3 is 10.2 Å². The van der Waals surface area contributed by atoms with Crippen LogP contribution >= 0.6 is 0 Å². The van der Waals surface area contributed by atoms with Crippen LogP contribution in [-0.2, 0) is 29.0 Å². The number of hydrogen-bond acceptors (Lipinski definition) is 2. The van der Waals surface area contributed by atoms with Gasteiger partial charge in [-0.25, -0.2) is 0 Å². The highest BCUT2D eigenvalue weighted by Gasteiger charge is 2.28. The zero-order valence-electron chi connectivity index (χ0n) is 19.3. The van der Waals surface area contributed by atoms with Crippen LogP contribution in [0.2, 0.25) is 0 Å². The molecule has 0 radical (unpaired) electrons. The summed E-state index contributed by atoms with van der Waals surface area (Å²) in [5.41, 5.74) is 4.27. The van der Waals surface area contributed by atoms with Gasteiger partial charge in [0.05, 0.1) is 0 Å². The third-order valence-electron chi connectivity index (χ3n) is 5.33. The topological polar surface area (TPSA) is 49.4 Å². The van der Waals surface area contributed by atoms with Crippen molar-refractivity contribution in [3.63, 3.8) is 0 Å². The van der Waals surface area contributed by atoms with Crippen LogP contribution in [0.25, 0.3) is 0 Å². The van der Waals surface area contributed by atoms with Crippen molar-refractivity contribution in [2.75, 3.05) is 0 Å². The van der Waals surface area contributed by atoms with Crippen LogP contribution in [0.5, 0.6) is 0 Å². The van der Waals surface area contributed by atoms with E-state index in [1.165, 1.54) is 5.56 Å². The van der Waals surface area contributed by atoms with Gasteiger partial charge in [0.25, 0.3) is 0 Å². The molecule has 0 aromatic heterocycles. The fourth-order valence-electron chi connectivity index (χ4n) is 3.36. The Balaban J connectivity index is 2.16. The largest absolute Gasteiger partial charge is 0.350 e. The van der Waals surface area contributed by atoms with Gasteiger partial charge >= 0.3 is 0 Å². The first-order chi connectivity index (χ1) is 14.1. The number of benzene rings is 2. The maximum absolute atomic E-state index is 13.2. The number of carbonyl (C=O) groups is 2. The zero-order chi connectivity index (χ0) is 22.3. The molecule has 2 aromatic rings. The minimum absolute atomic E-state index is 0.00520. The molecule has 1 atom stereocenters. The fourth-order valence-corrected chi connectivity index (χ4v) is 3.36. The lowest BCUT2D eigenvalue weighted by Gasteiger charge is -2.32. The average Bonchev–Trinajstić information content (AvgIpc) is 2.70. The predicted octanol–water partition coefficient (Wildman–Crippen LogP) is 4.82. The van der Waals surface area contributed by atoms with E-state index in [1.54, 1.807) is 4.90 Å². The van der Waals surface area contributed by atoms with Crippen LogP contribution in [0.1, 0.15) is 63.3 Å². The summed E-state index contributed by atoms with van der Waals surface area (Å²) in [6.07, 6.45) is 2.05. The normalized spacial score (nSPS) is 12.3. The number of carbonyl (C=O) groups excluding carboxylic acids is 2. The predicted molar refractivity (Wildman–Crippen MR) is 123 cm³/mol. The van der Waals surface area contributed by atoms with Gasteiger partial charge in [-0.1, -0.05) is 55.5 Å². The lowest BCUT2D eigenvalue weighted by atomic mass is 10.0. The molecule has 1 N–H and O–H groups in total. The average molecular weight is 409 g/mol. The van der Waals surface area contributed by atoms with Gasteiger partial charge in [-0.2, -0.15) is 0 Å². The van der Waals surface area contributed by atoms with E-state index in [2.05, 4.69) is 36.5 Å². The number of rotatable bonds is 8. The van der Waals surface area contributed by atoms with E-state index in [1.807, 2.05) is 58.9 Å². The van der Waals surface area contributed by atoms with Crippen molar-refractivity contribution in [3.05, 3.63) is 70.8 Å². The Kier molecular flexibility index (Phi) is 8.22. The second kappa shape index (κ2) is 10.4. The highest BCUT2D eigenvalue weighted by Crippen LogP contribution is 2.16. The Morgan fingerprint density at radius 3 is 2.17 bits per heavy atom. The summed E-state index contributed by atoms with van der Waals surface area (Å²) in [6.45, 7) is 12.3. The number of hydrogen-bond donors (Lipinski definition) is 1. The summed E-state index contributed by atoms with van der Waals surface area (Å²) in [7, 11) is 0. The molecule has 0 bridgehead atoms. The summed E-state index contributed by atoms with van der Waals surface area (Å²) in [6, 6.07) is 15.9. The van der Waals surface area contributed by atoms with Crippen LogP contribution in [0.3, 0.4) is 0 Å². The van der Waals surface area contributed by atoms with E-state index in [-0.39, 0.29) is 17.4 Å². The van der Waals surface area contributed by atoms with Crippen molar-refractivity contribution in [2.24, 2.45) is 0 Å². The van der Waals surface area contributed by atoms with E-state index in [4.69, 9.17) is 0 Å². The minimum atomic E-state index is -0.543. The van der Waals surface area contributed by atoms with Gasteiger partial charge in [-0.05, 0) is 69.7 Å². The van der Waals surface area contributed by atoms with Gasteiger partial charge in [0.15, 0.2) is 0 Å². The molecule has 0 heterocycles. The summed E-state index contributed by atoms with van der Waals surface area (Å²) in [5, 5.41) is 3.01. The molecule has 0 fully saturated rings. The summed E-state index contributed by atoms with van der Waals surface area (Å²) in [5.74, 6) is -0.133. The Labute approximate surface area is 181 Å². The molecule has 2 aromatic carbocycles. The molecule has 0 aliphatic carbocycles. The van der Waals surface area contributed by atoms with Gasteiger partial charge in [0.2, 0.25) is 11.8 Å². The molecule has 162 valence electrons. The Morgan fingerprint density at radius 1 is 1.00 bits per heavy atom. The third kappa shape index (κ3) is 7.01. The number of nitrogens with one attached hydrogen (secondary N) is 1. The molecular formula is C26H36N2O2. The van der Waals surface area contributed by atoms with Crippen LogP contribution in [-0.4, -0.2) is 28.3 Å². The van der Waals surface area contributed by atoms with Crippen LogP contribution in [0.15, 0.2) is 48.5 Å². The van der Waals surface area contributed by atoms with Crippen molar-refractivity contribution in [1.82, 2.24) is 10.2 Å². The second-order valence-corrected chi connectivity index (χ2v) is 9.03. The number of amides is 2. The van der Waals surface area contributed by atoms with Crippen molar-refractivity contribution in [3.8, 4) is 0 Å². The summed E-state index contributed by atoms with van der Waals surface area (Å²) in [4.78, 5) is 27.7. The lowest BCUT2D eigenvalue weighted by molar-refractivity contribution is -0.141. The first-order valence-corrected chi connectivity index (χ1v) is 10.8. The number of nitrogens with zero attached hydrogens (tertiary/aromatic N) is 1. The SMILES string of the molecule is CCc1ccc(CCC(=O)N(Cc2ccccc2C)C(C)C(=O)NC(C)(C)C)cc1. The molecular weight excluding hydrogens is 372 g/mol. The number of aryl methyl sites for hydroxylation is 3. The van der Waals surface area contributed by atoms with Crippen LogP contribution in [0.4, 0.5) is 0 Å². The third-order valence-corrected chi connectivity index (χ3v) is 5.33. The molecule has 4 nitrogen and oxygen atoms in total. The maximum Gasteiger partial charge on any atom is 0.242 e. The fraction of sp³-hybridized carbons (Fsp3) is 0.462. The molecule has 2 amide bonds. The highest BCUT2D eigenvalue weighted by atomic mass is 16.2. The van der Waals surface area contributed by atoms with Crippen molar-refractivity contribution in [1.29, 1.82) is 0 Å². The molecule has 1 unspecified atom stereocenters. The van der Waals surface area contributed by atoms with Crippen molar-refractivity contribution in [2.45, 2.75) is 78.9 Å². The van der Waals surface area contributed by atoms with Gasteiger partial charge in [0, 0.05) is 18.5 Å². The van der Waals surface area contributed by atoms with E-state index < -0.39 is 6.04 Å². The van der Waals surface area contributed by atoms with Crippen molar-refractivity contribution >= 4 is 11.8 Å². The highest BCUT2D eigenvalue weighted by molar-refractivity contribution is 5.87. The quantitative estimate of drug-likeness (QED) is 0.681. The lowest BCUT2D eigenvalue weighted by Crippen LogP contribution is -2.52. The molecule has 30 heavy (non-hydrogen) atoms.